The number of nitrogens with one attached hydrogen (secondary N) is 2. The zero-order valence-electron chi connectivity index (χ0n) is 16.0. The maximum atomic E-state index is 14.1. The van der Waals surface area contributed by atoms with Crippen molar-refractivity contribution < 1.29 is 4.39 Å². The Morgan fingerprint density at radius 1 is 1.24 bits per heavy atom. The van der Waals surface area contributed by atoms with Gasteiger partial charge < -0.3 is 5.32 Å². The van der Waals surface area contributed by atoms with E-state index in [9.17, 15) is 14.0 Å². The number of anilines is 1. The molecule has 0 aliphatic heterocycles. The number of aromatic amines is 1. The molecule has 0 aliphatic rings. The first kappa shape index (κ1) is 18.5. The summed E-state index contributed by atoms with van der Waals surface area (Å²) in [5, 5.41) is 7.51. The molecular formula is C19H18FN7O2. The molecule has 0 aliphatic carbocycles. The van der Waals surface area contributed by atoms with Gasteiger partial charge in [0.25, 0.3) is 5.56 Å². The number of hydrogen-bond donors (Lipinski definition) is 2. The highest BCUT2D eigenvalue weighted by molar-refractivity contribution is 5.73. The number of fused-ring (bicyclic) bond motifs is 1. The van der Waals surface area contributed by atoms with Gasteiger partial charge in [-0.2, -0.15) is 10.1 Å². The summed E-state index contributed by atoms with van der Waals surface area (Å²) in [6.45, 7) is 3.83. The van der Waals surface area contributed by atoms with Crippen molar-refractivity contribution in [3.05, 3.63) is 74.6 Å². The Morgan fingerprint density at radius 3 is 2.69 bits per heavy atom. The van der Waals surface area contributed by atoms with Gasteiger partial charge in [-0.05, 0) is 26.0 Å². The Hall–Kier alpha value is -3.82. The van der Waals surface area contributed by atoms with Crippen LogP contribution in [-0.4, -0.2) is 29.3 Å². The second-order valence-electron chi connectivity index (χ2n) is 6.69. The van der Waals surface area contributed by atoms with Crippen molar-refractivity contribution in [1.82, 2.24) is 29.3 Å². The number of para-hydroxylation sites is 1. The van der Waals surface area contributed by atoms with Crippen LogP contribution in [0.25, 0.3) is 16.7 Å². The van der Waals surface area contributed by atoms with E-state index in [-0.39, 0.29) is 28.7 Å². The summed E-state index contributed by atoms with van der Waals surface area (Å²) < 4.78 is 16.5. The van der Waals surface area contributed by atoms with Crippen LogP contribution in [0, 0.1) is 12.7 Å². The molecule has 148 valence electrons. The molecule has 0 fully saturated rings. The summed E-state index contributed by atoms with van der Waals surface area (Å²) >= 11 is 0. The van der Waals surface area contributed by atoms with Crippen LogP contribution in [0.3, 0.4) is 0 Å². The van der Waals surface area contributed by atoms with Crippen LogP contribution in [0.2, 0.25) is 0 Å². The summed E-state index contributed by atoms with van der Waals surface area (Å²) in [4.78, 5) is 36.2. The monoisotopic (exact) mass is 395 g/mol. The molecule has 0 amide bonds. The first-order valence-corrected chi connectivity index (χ1v) is 8.89. The van der Waals surface area contributed by atoms with Crippen molar-refractivity contribution in [3.63, 3.8) is 0 Å². The van der Waals surface area contributed by atoms with Crippen LogP contribution >= 0.6 is 0 Å². The third kappa shape index (κ3) is 3.28. The van der Waals surface area contributed by atoms with Crippen LogP contribution < -0.4 is 16.6 Å². The number of nitrogens with zero attached hydrogens (tertiary/aromatic N) is 5. The van der Waals surface area contributed by atoms with E-state index in [1.54, 1.807) is 10.7 Å². The van der Waals surface area contributed by atoms with Gasteiger partial charge in [0, 0.05) is 25.0 Å². The van der Waals surface area contributed by atoms with Crippen LogP contribution in [-0.2, 0) is 7.05 Å². The predicted molar refractivity (Wildman–Crippen MR) is 106 cm³/mol. The Kier molecular flexibility index (Phi) is 4.45. The third-order valence-electron chi connectivity index (χ3n) is 4.61. The number of benzene rings is 1. The van der Waals surface area contributed by atoms with E-state index in [1.165, 1.54) is 24.4 Å². The molecule has 1 atom stereocenters. The molecule has 0 bridgehead atoms. The minimum Gasteiger partial charge on any atom is -0.348 e. The number of aryl methyl sites for hydroxylation is 2. The zero-order chi connectivity index (χ0) is 20.7. The fraction of sp³-hybridized carbons (Fsp3) is 0.211. The van der Waals surface area contributed by atoms with Crippen LogP contribution in [0.15, 0.2) is 46.2 Å². The van der Waals surface area contributed by atoms with Crippen LogP contribution in [0.5, 0.6) is 0 Å². The summed E-state index contributed by atoms with van der Waals surface area (Å²) in [5.41, 5.74) is 0.294. The lowest BCUT2D eigenvalue weighted by atomic mass is 10.1. The van der Waals surface area contributed by atoms with E-state index in [2.05, 4.69) is 25.4 Å². The number of halogens is 1. The molecule has 2 N–H and O–H groups in total. The van der Waals surface area contributed by atoms with E-state index < -0.39 is 17.1 Å². The van der Waals surface area contributed by atoms with Crippen molar-refractivity contribution >= 4 is 17.0 Å². The van der Waals surface area contributed by atoms with Gasteiger partial charge in [-0.15, -0.1) is 0 Å². The fourth-order valence-electron chi connectivity index (χ4n) is 3.24. The van der Waals surface area contributed by atoms with Crippen molar-refractivity contribution in [2.45, 2.75) is 19.9 Å². The SMILES string of the molecule is Cc1nn(C)cc1[C@H](C)Nc1ncc2c(=O)n(-c3ccccc3F)c(=O)[nH]c2n1. The molecule has 0 spiro atoms. The van der Waals surface area contributed by atoms with Crippen molar-refractivity contribution in [3.8, 4) is 5.69 Å². The lowest BCUT2D eigenvalue weighted by molar-refractivity contribution is 0.613. The molecule has 3 aromatic heterocycles. The summed E-state index contributed by atoms with van der Waals surface area (Å²) in [6.07, 6.45) is 3.20. The number of aromatic nitrogens is 6. The highest BCUT2D eigenvalue weighted by Gasteiger charge is 2.16. The van der Waals surface area contributed by atoms with E-state index in [0.717, 1.165) is 15.8 Å². The zero-order valence-corrected chi connectivity index (χ0v) is 16.0. The molecule has 0 saturated carbocycles. The largest absolute Gasteiger partial charge is 0.348 e. The predicted octanol–water partition coefficient (Wildman–Crippen LogP) is 1.82. The average Bonchev–Trinajstić information content (AvgIpc) is 3.01. The van der Waals surface area contributed by atoms with Crippen molar-refractivity contribution in [1.29, 1.82) is 0 Å². The van der Waals surface area contributed by atoms with Gasteiger partial charge in [-0.3, -0.25) is 14.5 Å². The molecule has 29 heavy (non-hydrogen) atoms. The highest BCUT2D eigenvalue weighted by atomic mass is 19.1. The second-order valence-corrected chi connectivity index (χ2v) is 6.69. The number of H-pyrrole nitrogens is 1. The van der Waals surface area contributed by atoms with Crippen LogP contribution in [0.4, 0.5) is 10.3 Å². The van der Waals surface area contributed by atoms with Gasteiger partial charge in [0.05, 0.1) is 17.4 Å². The van der Waals surface area contributed by atoms with Crippen molar-refractivity contribution in [2.75, 3.05) is 5.32 Å². The molecule has 0 saturated heterocycles. The quantitative estimate of drug-likeness (QED) is 0.545. The lowest BCUT2D eigenvalue weighted by Gasteiger charge is -2.13. The first-order chi connectivity index (χ1) is 13.8. The van der Waals surface area contributed by atoms with Gasteiger partial charge in [0.1, 0.15) is 11.2 Å². The van der Waals surface area contributed by atoms with E-state index in [1.807, 2.05) is 27.1 Å². The Morgan fingerprint density at radius 2 is 2.00 bits per heavy atom. The standard InChI is InChI=1S/C19H18FN7O2/c1-10(13-9-26(3)25-11(13)2)22-18-21-8-12-16(23-18)24-19(29)27(17(12)28)15-7-5-4-6-14(15)20/h4-10H,1-3H3,(H2,21,22,23,24,29)/t10-/m0/s1. The molecule has 4 rings (SSSR count). The maximum Gasteiger partial charge on any atom is 0.334 e. The molecule has 3 heterocycles. The first-order valence-electron chi connectivity index (χ1n) is 8.89. The molecule has 4 aromatic rings. The van der Waals surface area contributed by atoms with Crippen molar-refractivity contribution in [2.24, 2.45) is 7.05 Å². The van der Waals surface area contributed by atoms with Gasteiger partial charge in [-0.1, -0.05) is 12.1 Å². The summed E-state index contributed by atoms with van der Waals surface area (Å²) in [7, 11) is 1.83. The van der Waals surface area contributed by atoms with E-state index >= 15 is 0 Å². The Balaban J connectivity index is 1.75. The van der Waals surface area contributed by atoms with Gasteiger partial charge >= 0.3 is 5.69 Å². The maximum absolute atomic E-state index is 14.1. The van der Waals surface area contributed by atoms with Gasteiger partial charge in [0.15, 0.2) is 5.65 Å². The average molecular weight is 395 g/mol. The summed E-state index contributed by atoms with van der Waals surface area (Å²) in [6, 6.07) is 5.40. The van der Waals surface area contributed by atoms with Crippen LogP contribution in [0.1, 0.15) is 24.2 Å². The smallest absolute Gasteiger partial charge is 0.334 e. The normalized spacial score (nSPS) is 12.3. The highest BCUT2D eigenvalue weighted by Crippen LogP contribution is 2.19. The summed E-state index contributed by atoms with van der Waals surface area (Å²) in [5.74, 6) is -0.439. The molecule has 10 heteroatoms. The minimum atomic E-state index is -0.784. The van der Waals surface area contributed by atoms with E-state index in [4.69, 9.17) is 0 Å². The Bertz CT molecular complexity index is 1340. The lowest BCUT2D eigenvalue weighted by Crippen LogP contribution is -2.34. The molecule has 0 unspecified atom stereocenters. The molecular weight excluding hydrogens is 377 g/mol. The molecule has 1 aromatic carbocycles. The topological polar surface area (TPSA) is 110 Å². The number of rotatable bonds is 4. The Labute approximate surface area is 163 Å². The van der Waals surface area contributed by atoms with Gasteiger partial charge in [-0.25, -0.2) is 18.7 Å². The second kappa shape index (κ2) is 6.97. The third-order valence-corrected chi connectivity index (χ3v) is 4.61. The molecule has 9 nitrogen and oxygen atoms in total. The minimum absolute atomic E-state index is 0.0696. The molecule has 0 radical (unpaired) electrons. The van der Waals surface area contributed by atoms with E-state index in [0.29, 0.717) is 0 Å². The van der Waals surface area contributed by atoms with Gasteiger partial charge in [0.2, 0.25) is 5.95 Å². The number of hydrogen-bond acceptors (Lipinski definition) is 6. The fourth-order valence-corrected chi connectivity index (χ4v) is 3.24.